The first-order valence-electron chi connectivity index (χ1n) is 7.48. The predicted octanol–water partition coefficient (Wildman–Crippen LogP) is 0.897. The molecule has 1 unspecified atom stereocenters. The molecule has 1 aliphatic heterocycles. The summed E-state index contributed by atoms with van der Waals surface area (Å²) < 4.78 is 1.42. The van der Waals surface area contributed by atoms with Crippen LogP contribution in [0.1, 0.15) is 30.5 Å². The lowest BCUT2D eigenvalue weighted by Gasteiger charge is -2.23. The molecule has 0 aliphatic carbocycles. The number of hydrogen-bond acceptors (Lipinski definition) is 6. The number of fused-ring (bicyclic) bond motifs is 1. The van der Waals surface area contributed by atoms with Gasteiger partial charge in [0.1, 0.15) is 5.01 Å². The fraction of sp³-hybridized carbons (Fsp3) is 0.643. The number of hydrogen-bond donors (Lipinski definition) is 1. The highest BCUT2D eigenvalue weighted by Crippen LogP contribution is 2.19. The Bertz CT molecular complexity index is 680. The van der Waals surface area contributed by atoms with Gasteiger partial charge in [0, 0.05) is 25.2 Å². The summed E-state index contributed by atoms with van der Waals surface area (Å²) in [6.07, 6.45) is 3.26. The molecule has 1 N–H and O–H groups in total. The highest BCUT2D eigenvalue weighted by atomic mass is 32.1. The number of nitrogens with one attached hydrogen (secondary N) is 1. The summed E-state index contributed by atoms with van der Waals surface area (Å²) in [6.45, 7) is 4.85. The van der Waals surface area contributed by atoms with Crippen molar-refractivity contribution in [2.75, 3.05) is 20.1 Å². The number of nitrogens with zero attached hydrogens (tertiary/aromatic N) is 4. The van der Waals surface area contributed by atoms with Crippen LogP contribution in [0.25, 0.3) is 4.96 Å². The Morgan fingerprint density at radius 3 is 3.14 bits per heavy atom. The minimum Gasteiger partial charge on any atom is -0.318 e. The molecule has 0 aromatic carbocycles. The van der Waals surface area contributed by atoms with E-state index in [1.165, 1.54) is 28.7 Å². The average Bonchev–Trinajstić information content (AvgIpc) is 3.06. The largest absolute Gasteiger partial charge is 0.318 e. The van der Waals surface area contributed by atoms with Crippen molar-refractivity contribution in [2.24, 2.45) is 0 Å². The van der Waals surface area contributed by atoms with Crippen molar-refractivity contribution >= 4 is 16.3 Å². The quantitative estimate of drug-likeness (QED) is 0.889. The standard InChI is InChI=1S/C14H21N5OS/c1-3-12-17-19-13(20)7-10(16-14(19)21-12)9-18-6-4-5-11(18)8-15-2/h7,11,15H,3-6,8-9H2,1-2H3. The lowest BCUT2D eigenvalue weighted by Crippen LogP contribution is -2.36. The van der Waals surface area contributed by atoms with Crippen LogP contribution in [-0.2, 0) is 13.0 Å². The van der Waals surface area contributed by atoms with Crippen LogP contribution in [0.3, 0.4) is 0 Å². The fourth-order valence-corrected chi connectivity index (χ4v) is 3.76. The molecule has 2 aromatic rings. The van der Waals surface area contributed by atoms with E-state index in [9.17, 15) is 4.79 Å². The van der Waals surface area contributed by atoms with Crippen molar-refractivity contribution < 1.29 is 0 Å². The van der Waals surface area contributed by atoms with Crippen LogP contribution < -0.4 is 10.9 Å². The van der Waals surface area contributed by atoms with Gasteiger partial charge >= 0.3 is 0 Å². The maximum Gasteiger partial charge on any atom is 0.275 e. The summed E-state index contributed by atoms with van der Waals surface area (Å²) in [5.74, 6) is 0. The van der Waals surface area contributed by atoms with Gasteiger partial charge in [-0.2, -0.15) is 9.61 Å². The second kappa shape index (κ2) is 6.21. The van der Waals surface area contributed by atoms with E-state index in [4.69, 9.17) is 0 Å². The van der Waals surface area contributed by atoms with Crippen molar-refractivity contribution in [2.45, 2.75) is 38.8 Å². The Labute approximate surface area is 127 Å². The van der Waals surface area contributed by atoms with E-state index in [0.717, 1.165) is 36.8 Å². The SMILES string of the molecule is CCc1nn2c(=O)cc(CN3CCCC3CNC)nc2s1. The predicted molar refractivity (Wildman–Crippen MR) is 83.9 cm³/mol. The molecule has 7 heteroatoms. The van der Waals surface area contributed by atoms with Gasteiger partial charge in [0.15, 0.2) is 0 Å². The lowest BCUT2D eigenvalue weighted by atomic mass is 10.2. The Morgan fingerprint density at radius 2 is 2.38 bits per heavy atom. The Balaban J connectivity index is 1.85. The van der Waals surface area contributed by atoms with Crippen molar-refractivity contribution in [1.29, 1.82) is 0 Å². The Kier molecular flexibility index (Phi) is 4.32. The van der Waals surface area contributed by atoms with Crippen LogP contribution in [0.15, 0.2) is 10.9 Å². The fourth-order valence-electron chi connectivity index (χ4n) is 2.90. The average molecular weight is 307 g/mol. The van der Waals surface area contributed by atoms with E-state index in [1.54, 1.807) is 6.07 Å². The van der Waals surface area contributed by atoms with Crippen molar-refractivity contribution in [3.05, 3.63) is 27.1 Å². The number of rotatable bonds is 5. The van der Waals surface area contributed by atoms with Gasteiger partial charge in [-0.1, -0.05) is 18.3 Å². The molecule has 0 saturated carbocycles. The maximum absolute atomic E-state index is 12.1. The molecule has 21 heavy (non-hydrogen) atoms. The maximum atomic E-state index is 12.1. The number of likely N-dealkylation sites (tertiary alicyclic amines) is 1. The number of likely N-dealkylation sites (N-methyl/N-ethyl adjacent to an activating group) is 1. The monoisotopic (exact) mass is 307 g/mol. The summed E-state index contributed by atoms with van der Waals surface area (Å²) in [4.78, 5) is 19.9. The van der Waals surface area contributed by atoms with Gasteiger partial charge in [-0.05, 0) is 32.9 Å². The molecule has 1 fully saturated rings. The van der Waals surface area contributed by atoms with Gasteiger partial charge in [-0.15, -0.1) is 0 Å². The third-order valence-corrected chi connectivity index (χ3v) is 5.00. The summed E-state index contributed by atoms with van der Waals surface area (Å²) >= 11 is 1.50. The molecule has 3 heterocycles. The van der Waals surface area contributed by atoms with Crippen LogP contribution in [-0.4, -0.2) is 45.7 Å². The highest BCUT2D eigenvalue weighted by Gasteiger charge is 2.24. The second-order valence-corrected chi connectivity index (χ2v) is 6.49. The van der Waals surface area contributed by atoms with Crippen molar-refractivity contribution in [3.8, 4) is 0 Å². The van der Waals surface area contributed by atoms with Crippen LogP contribution >= 0.6 is 11.3 Å². The molecule has 0 bridgehead atoms. The van der Waals surface area contributed by atoms with Crippen LogP contribution in [0.2, 0.25) is 0 Å². The van der Waals surface area contributed by atoms with Gasteiger partial charge < -0.3 is 5.32 Å². The van der Waals surface area contributed by atoms with Gasteiger partial charge in [-0.25, -0.2) is 4.98 Å². The summed E-state index contributed by atoms with van der Waals surface area (Å²) in [7, 11) is 1.98. The second-order valence-electron chi connectivity index (χ2n) is 5.45. The normalized spacial score (nSPS) is 19.6. The molecule has 6 nitrogen and oxygen atoms in total. The van der Waals surface area contributed by atoms with Gasteiger partial charge in [0.05, 0.1) is 5.69 Å². The molecule has 0 radical (unpaired) electrons. The highest BCUT2D eigenvalue weighted by molar-refractivity contribution is 7.16. The molecule has 3 rings (SSSR count). The van der Waals surface area contributed by atoms with Crippen LogP contribution in [0, 0.1) is 0 Å². The Hall–Kier alpha value is -1.31. The molecular weight excluding hydrogens is 286 g/mol. The van der Waals surface area contributed by atoms with E-state index in [0.29, 0.717) is 11.0 Å². The molecule has 1 atom stereocenters. The summed E-state index contributed by atoms with van der Waals surface area (Å²) in [5, 5.41) is 8.48. The molecule has 0 spiro atoms. The van der Waals surface area contributed by atoms with Gasteiger partial charge in [0.25, 0.3) is 5.56 Å². The third kappa shape index (κ3) is 3.00. The topological polar surface area (TPSA) is 62.5 Å². The van der Waals surface area contributed by atoms with E-state index in [-0.39, 0.29) is 5.56 Å². The first-order chi connectivity index (χ1) is 10.2. The minimum absolute atomic E-state index is 0.0738. The first kappa shape index (κ1) is 14.6. The summed E-state index contributed by atoms with van der Waals surface area (Å²) in [5.41, 5.74) is 0.782. The molecule has 1 aliphatic rings. The van der Waals surface area contributed by atoms with E-state index < -0.39 is 0 Å². The number of aryl methyl sites for hydroxylation is 1. The smallest absolute Gasteiger partial charge is 0.275 e. The van der Waals surface area contributed by atoms with Crippen LogP contribution in [0.5, 0.6) is 0 Å². The molecule has 114 valence electrons. The first-order valence-corrected chi connectivity index (χ1v) is 8.30. The zero-order valence-electron chi connectivity index (χ0n) is 12.5. The molecule has 0 amide bonds. The minimum atomic E-state index is -0.0738. The van der Waals surface area contributed by atoms with Gasteiger partial charge in [-0.3, -0.25) is 9.69 Å². The van der Waals surface area contributed by atoms with Crippen molar-refractivity contribution in [1.82, 2.24) is 24.8 Å². The van der Waals surface area contributed by atoms with E-state index in [1.807, 2.05) is 14.0 Å². The van der Waals surface area contributed by atoms with Gasteiger partial charge in [0.2, 0.25) is 4.96 Å². The van der Waals surface area contributed by atoms with Crippen LogP contribution in [0.4, 0.5) is 0 Å². The van der Waals surface area contributed by atoms with Crippen molar-refractivity contribution in [3.63, 3.8) is 0 Å². The third-order valence-electron chi connectivity index (χ3n) is 3.95. The molecule has 2 aromatic heterocycles. The Morgan fingerprint density at radius 1 is 1.52 bits per heavy atom. The zero-order valence-corrected chi connectivity index (χ0v) is 13.3. The number of aromatic nitrogens is 3. The zero-order chi connectivity index (χ0) is 14.8. The molecule has 1 saturated heterocycles. The summed E-state index contributed by atoms with van der Waals surface area (Å²) in [6, 6.07) is 2.17. The lowest BCUT2D eigenvalue weighted by molar-refractivity contribution is 0.239. The van der Waals surface area contributed by atoms with E-state index in [2.05, 4.69) is 20.3 Å². The van der Waals surface area contributed by atoms with E-state index >= 15 is 0 Å². The molecular formula is C14H21N5OS.